The molecule has 2 heterocycles. The van der Waals surface area contributed by atoms with E-state index in [9.17, 15) is 4.79 Å². The number of hydrogen-bond acceptors (Lipinski definition) is 4. The fourth-order valence-electron chi connectivity index (χ4n) is 3.99. The van der Waals surface area contributed by atoms with Crippen LogP contribution in [0.3, 0.4) is 0 Å². The van der Waals surface area contributed by atoms with Crippen molar-refractivity contribution in [3.8, 4) is 0 Å². The summed E-state index contributed by atoms with van der Waals surface area (Å²) < 4.78 is 0. The largest absolute Gasteiger partial charge is 0.370 e. The predicted molar refractivity (Wildman–Crippen MR) is 111 cm³/mol. The number of carbonyl (C=O) groups excluding carboxylic acids is 1. The van der Waals surface area contributed by atoms with Gasteiger partial charge in [-0.25, -0.2) is 0 Å². The van der Waals surface area contributed by atoms with E-state index in [4.69, 9.17) is 0 Å². The first-order valence-electron chi connectivity index (χ1n) is 9.49. The summed E-state index contributed by atoms with van der Waals surface area (Å²) in [6, 6.07) is 14.9. The standard InChI is InChI=1S/C22H26N4O/c1-15-5-4-6-20-21(15)19(22(27)24-20)13-23-16-7-9-17(10-8-16)26-12-11-18(14-26)25(2)3/h4-10,13,18-19H,11-12,14H2,1-3H3,(H,24,27). The number of benzene rings is 2. The van der Waals surface area contributed by atoms with Gasteiger partial charge in [0.1, 0.15) is 5.92 Å². The lowest BCUT2D eigenvalue weighted by Crippen LogP contribution is -2.31. The fourth-order valence-corrected chi connectivity index (χ4v) is 3.99. The molecule has 27 heavy (non-hydrogen) atoms. The Bertz CT molecular complexity index is 872. The van der Waals surface area contributed by atoms with Gasteiger partial charge in [-0.2, -0.15) is 0 Å². The van der Waals surface area contributed by atoms with Gasteiger partial charge in [-0.3, -0.25) is 9.79 Å². The van der Waals surface area contributed by atoms with Crippen molar-refractivity contribution in [1.29, 1.82) is 0 Å². The van der Waals surface area contributed by atoms with Crippen molar-refractivity contribution in [3.63, 3.8) is 0 Å². The first-order chi connectivity index (χ1) is 13.0. The molecule has 4 rings (SSSR count). The van der Waals surface area contributed by atoms with Crippen molar-refractivity contribution in [1.82, 2.24) is 4.90 Å². The van der Waals surface area contributed by atoms with E-state index >= 15 is 0 Å². The summed E-state index contributed by atoms with van der Waals surface area (Å²) in [6.07, 6.45) is 2.96. The molecule has 1 saturated heterocycles. The zero-order valence-corrected chi connectivity index (χ0v) is 16.1. The molecule has 0 spiro atoms. The lowest BCUT2D eigenvalue weighted by atomic mass is 9.97. The molecule has 1 fully saturated rings. The second-order valence-corrected chi connectivity index (χ2v) is 7.65. The van der Waals surface area contributed by atoms with E-state index in [1.54, 1.807) is 6.21 Å². The molecule has 0 aliphatic carbocycles. The third-order valence-electron chi connectivity index (χ3n) is 5.66. The highest BCUT2D eigenvalue weighted by Gasteiger charge is 2.30. The Morgan fingerprint density at radius 1 is 1.19 bits per heavy atom. The van der Waals surface area contributed by atoms with Gasteiger partial charge in [-0.15, -0.1) is 0 Å². The average molecular weight is 362 g/mol. The molecule has 140 valence electrons. The van der Waals surface area contributed by atoms with Gasteiger partial charge in [0.25, 0.3) is 0 Å². The summed E-state index contributed by atoms with van der Waals surface area (Å²) in [5.74, 6) is -0.327. The molecule has 0 aromatic heterocycles. The minimum absolute atomic E-state index is 0.00790. The van der Waals surface area contributed by atoms with Crippen molar-refractivity contribution in [2.75, 3.05) is 37.4 Å². The number of likely N-dealkylation sites (N-methyl/N-ethyl adjacent to an activating group) is 1. The van der Waals surface area contributed by atoms with E-state index in [-0.39, 0.29) is 11.8 Å². The van der Waals surface area contributed by atoms with Crippen molar-refractivity contribution >= 4 is 29.2 Å². The zero-order valence-electron chi connectivity index (χ0n) is 16.1. The lowest BCUT2D eigenvalue weighted by molar-refractivity contribution is -0.115. The van der Waals surface area contributed by atoms with Gasteiger partial charge in [0, 0.05) is 36.7 Å². The highest BCUT2D eigenvalue weighted by atomic mass is 16.2. The number of fused-ring (bicyclic) bond motifs is 1. The molecular formula is C22H26N4O. The van der Waals surface area contributed by atoms with E-state index in [0.29, 0.717) is 6.04 Å². The van der Waals surface area contributed by atoms with Gasteiger partial charge in [0.15, 0.2) is 0 Å². The third-order valence-corrected chi connectivity index (χ3v) is 5.66. The molecule has 2 atom stereocenters. The molecule has 2 aromatic carbocycles. The average Bonchev–Trinajstić information content (AvgIpc) is 3.26. The number of rotatable bonds is 4. The Morgan fingerprint density at radius 2 is 1.96 bits per heavy atom. The predicted octanol–water partition coefficient (Wildman–Crippen LogP) is 3.57. The minimum Gasteiger partial charge on any atom is -0.370 e. The van der Waals surface area contributed by atoms with Crippen LogP contribution < -0.4 is 10.2 Å². The smallest absolute Gasteiger partial charge is 0.237 e. The number of anilines is 2. The van der Waals surface area contributed by atoms with Crippen molar-refractivity contribution in [2.24, 2.45) is 4.99 Å². The maximum Gasteiger partial charge on any atom is 0.237 e. The summed E-state index contributed by atoms with van der Waals surface area (Å²) in [5.41, 5.74) is 5.16. The molecule has 1 amide bonds. The lowest BCUT2D eigenvalue weighted by Gasteiger charge is -2.21. The van der Waals surface area contributed by atoms with Crippen LogP contribution in [0.25, 0.3) is 0 Å². The van der Waals surface area contributed by atoms with Gasteiger partial charge < -0.3 is 15.1 Å². The summed E-state index contributed by atoms with van der Waals surface area (Å²) in [6.45, 7) is 4.18. The fraction of sp³-hybridized carbons (Fsp3) is 0.364. The first-order valence-corrected chi connectivity index (χ1v) is 9.49. The van der Waals surface area contributed by atoms with E-state index in [0.717, 1.165) is 35.6 Å². The molecule has 5 heteroatoms. The van der Waals surface area contributed by atoms with E-state index in [1.807, 2.05) is 37.3 Å². The Kier molecular flexibility index (Phi) is 4.70. The van der Waals surface area contributed by atoms with Crippen molar-refractivity contribution in [3.05, 3.63) is 53.6 Å². The molecule has 0 radical (unpaired) electrons. The van der Waals surface area contributed by atoms with Gasteiger partial charge in [0.05, 0.1) is 5.69 Å². The van der Waals surface area contributed by atoms with E-state index in [1.165, 1.54) is 12.1 Å². The topological polar surface area (TPSA) is 47.9 Å². The molecule has 2 aromatic rings. The van der Waals surface area contributed by atoms with Crippen LogP contribution >= 0.6 is 0 Å². The first kappa shape index (κ1) is 17.7. The summed E-state index contributed by atoms with van der Waals surface area (Å²) >= 11 is 0. The Morgan fingerprint density at radius 3 is 2.67 bits per heavy atom. The minimum atomic E-state index is -0.319. The van der Waals surface area contributed by atoms with Crippen LogP contribution in [0, 0.1) is 6.92 Å². The Labute approximate surface area is 160 Å². The molecule has 1 N–H and O–H groups in total. The highest BCUT2D eigenvalue weighted by Crippen LogP contribution is 2.34. The molecule has 0 bridgehead atoms. The maximum atomic E-state index is 12.3. The van der Waals surface area contributed by atoms with Crippen LogP contribution in [0.15, 0.2) is 47.5 Å². The highest BCUT2D eigenvalue weighted by molar-refractivity contribution is 6.13. The quantitative estimate of drug-likeness (QED) is 0.846. The van der Waals surface area contributed by atoms with E-state index < -0.39 is 0 Å². The monoisotopic (exact) mass is 362 g/mol. The summed E-state index contributed by atoms with van der Waals surface area (Å²) in [7, 11) is 4.29. The number of nitrogens with one attached hydrogen (secondary N) is 1. The number of aryl methyl sites for hydroxylation is 1. The number of amides is 1. The van der Waals surface area contributed by atoms with Gasteiger partial charge in [-0.05, 0) is 68.9 Å². The normalized spacial score (nSPS) is 21.9. The van der Waals surface area contributed by atoms with Crippen LogP contribution in [-0.2, 0) is 4.79 Å². The van der Waals surface area contributed by atoms with Crippen LogP contribution in [0.5, 0.6) is 0 Å². The third kappa shape index (κ3) is 3.47. The van der Waals surface area contributed by atoms with Gasteiger partial charge in [0.2, 0.25) is 5.91 Å². The molecule has 2 aliphatic rings. The van der Waals surface area contributed by atoms with Crippen LogP contribution in [0.2, 0.25) is 0 Å². The van der Waals surface area contributed by atoms with Gasteiger partial charge in [-0.1, -0.05) is 12.1 Å². The van der Waals surface area contributed by atoms with Gasteiger partial charge >= 0.3 is 0 Å². The summed E-state index contributed by atoms with van der Waals surface area (Å²) in [5, 5.41) is 2.94. The second-order valence-electron chi connectivity index (χ2n) is 7.65. The Balaban J connectivity index is 1.48. The molecule has 0 saturated carbocycles. The SMILES string of the molecule is Cc1cccc2c1C(C=Nc1ccc(N3CCC(N(C)C)C3)cc1)C(=O)N2. The molecular weight excluding hydrogens is 336 g/mol. The zero-order chi connectivity index (χ0) is 19.0. The van der Waals surface area contributed by atoms with Crippen LogP contribution in [-0.4, -0.2) is 50.2 Å². The maximum absolute atomic E-state index is 12.3. The number of carbonyl (C=O) groups is 1. The van der Waals surface area contributed by atoms with Crippen LogP contribution in [0.1, 0.15) is 23.5 Å². The van der Waals surface area contributed by atoms with E-state index in [2.05, 4.69) is 46.3 Å². The Hall–Kier alpha value is -2.66. The molecule has 2 unspecified atom stereocenters. The summed E-state index contributed by atoms with van der Waals surface area (Å²) in [4.78, 5) is 21.6. The number of nitrogens with zero attached hydrogens (tertiary/aromatic N) is 3. The van der Waals surface area contributed by atoms with Crippen molar-refractivity contribution < 1.29 is 4.79 Å². The number of aliphatic imine (C=N–C) groups is 1. The molecule has 5 nitrogen and oxygen atoms in total. The second kappa shape index (κ2) is 7.16. The number of hydrogen-bond donors (Lipinski definition) is 1. The van der Waals surface area contributed by atoms with Crippen LogP contribution in [0.4, 0.5) is 17.1 Å². The van der Waals surface area contributed by atoms with Crippen molar-refractivity contribution in [2.45, 2.75) is 25.3 Å². The molecule has 2 aliphatic heterocycles.